The molecule has 1 N–H and O–H groups in total. The zero-order valence-electron chi connectivity index (χ0n) is 6.58. The first kappa shape index (κ1) is 10.8. The predicted octanol–water partition coefficient (Wildman–Crippen LogP) is 0.692. The van der Waals surface area contributed by atoms with Gasteiger partial charge in [0.1, 0.15) is 5.60 Å². The highest BCUT2D eigenvalue weighted by atomic mass is 32.3. The molecule has 1 saturated carbocycles. The van der Waals surface area contributed by atoms with Gasteiger partial charge in [-0.2, -0.15) is 8.42 Å². The van der Waals surface area contributed by atoms with E-state index in [1.807, 2.05) is 0 Å². The summed E-state index contributed by atoms with van der Waals surface area (Å²) in [6.45, 7) is 0. The molecule has 13 heavy (non-hydrogen) atoms. The van der Waals surface area contributed by atoms with Gasteiger partial charge in [-0.05, 0) is 18.8 Å². The monoisotopic (exact) mass is 218 g/mol. The number of hydrogen-bond donors (Lipinski definition) is 1. The Balaban J connectivity index is 2.42. The van der Waals surface area contributed by atoms with E-state index in [0.29, 0.717) is 0 Å². The highest BCUT2D eigenvalue weighted by Crippen LogP contribution is 2.42. The first-order valence-electron chi connectivity index (χ1n) is 3.66. The molecule has 0 aliphatic heterocycles. The van der Waals surface area contributed by atoms with Gasteiger partial charge >= 0.3 is 10.2 Å². The van der Waals surface area contributed by atoms with E-state index < -0.39 is 33.9 Å². The minimum absolute atomic E-state index is 0.353. The van der Waals surface area contributed by atoms with Gasteiger partial charge in [-0.1, -0.05) is 0 Å². The Kier molecular flexibility index (Phi) is 2.59. The summed E-state index contributed by atoms with van der Waals surface area (Å²) in [5, 5.41) is 8.99. The topological polar surface area (TPSA) is 54.4 Å². The summed E-state index contributed by atoms with van der Waals surface area (Å²) in [5.74, 6) is -1.46. The van der Waals surface area contributed by atoms with Crippen molar-refractivity contribution in [2.45, 2.75) is 24.9 Å². The van der Waals surface area contributed by atoms with E-state index in [4.69, 9.17) is 5.11 Å². The van der Waals surface area contributed by atoms with Crippen LogP contribution in [0.1, 0.15) is 12.8 Å². The van der Waals surface area contributed by atoms with E-state index in [0.717, 1.165) is 0 Å². The van der Waals surface area contributed by atoms with Crippen LogP contribution in [0.4, 0.5) is 12.7 Å². The van der Waals surface area contributed by atoms with Gasteiger partial charge in [0.25, 0.3) is 6.43 Å². The van der Waals surface area contributed by atoms with E-state index >= 15 is 0 Å². The Bertz CT molecular complexity index is 281. The van der Waals surface area contributed by atoms with Gasteiger partial charge in [-0.3, -0.25) is 0 Å². The molecule has 78 valence electrons. The lowest BCUT2D eigenvalue weighted by atomic mass is 9.72. The van der Waals surface area contributed by atoms with Gasteiger partial charge in [-0.15, -0.1) is 3.89 Å². The van der Waals surface area contributed by atoms with Crippen molar-refractivity contribution in [3.63, 3.8) is 0 Å². The Morgan fingerprint density at radius 3 is 2.23 bits per heavy atom. The van der Waals surface area contributed by atoms with E-state index in [-0.39, 0.29) is 12.8 Å². The molecule has 0 spiro atoms. The van der Waals surface area contributed by atoms with Crippen LogP contribution in [0, 0.1) is 5.92 Å². The second kappa shape index (κ2) is 3.13. The van der Waals surface area contributed by atoms with Gasteiger partial charge < -0.3 is 5.11 Å². The number of halogens is 3. The van der Waals surface area contributed by atoms with Crippen LogP contribution in [0.15, 0.2) is 0 Å². The first-order chi connectivity index (χ1) is 5.73. The summed E-state index contributed by atoms with van der Waals surface area (Å²) in [4.78, 5) is 0. The molecule has 0 heterocycles. The molecule has 7 heteroatoms. The highest BCUT2D eigenvalue weighted by molar-refractivity contribution is 7.86. The molecule has 3 nitrogen and oxygen atoms in total. The molecule has 0 unspecified atom stereocenters. The Morgan fingerprint density at radius 1 is 1.46 bits per heavy atom. The van der Waals surface area contributed by atoms with Crippen LogP contribution in [0.25, 0.3) is 0 Å². The fraction of sp³-hybridized carbons (Fsp3) is 1.00. The lowest BCUT2D eigenvalue weighted by molar-refractivity contribution is -0.163. The molecule has 1 aliphatic rings. The highest BCUT2D eigenvalue weighted by Gasteiger charge is 2.50. The summed E-state index contributed by atoms with van der Waals surface area (Å²) in [6, 6.07) is 0. The van der Waals surface area contributed by atoms with Crippen molar-refractivity contribution in [1.29, 1.82) is 0 Å². The molecule has 0 radical (unpaired) electrons. The number of hydrogen-bond acceptors (Lipinski definition) is 3. The van der Waals surface area contributed by atoms with Gasteiger partial charge in [0, 0.05) is 0 Å². The smallest absolute Gasteiger partial charge is 0.302 e. The van der Waals surface area contributed by atoms with Crippen molar-refractivity contribution in [3.05, 3.63) is 0 Å². The van der Waals surface area contributed by atoms with Gasteiger partial charge in [0.2, 0.25) is 0 Å². The maximum atomic E-state index is 12.0. The summed E-state index contributed by atoms with van der Waals surface area (Å²) in [6.07, 6.45) is -3.60. The van der Waals surface area contributed by atoms with Crippen LogP contribution in [0.5, 0.6) is 0 Å². The van der Waals surface area contributed by atoms with Crippen molar-refractivity contribution >= 4 is 10.2 Å². The van der Waals surface area contributed by atoms with Crippen molar-refractivity contribution in [2.75, 3.05) is 5.75 Å². The SMILES string of the molecule is O=S(=O)(F)CC1CC(O)(C(F)F)C1. The summed E-state index contributed by atoms with van der Waals surface area (Å²) < 4.78 is 56.1. The van der Waals surface area contributed by atoms with Gasteiger partial charge in [0.05, 0.1) is 5.75 Å². The summed E-state index contributed by atoms with van der Waals surface area (Å²) >= 11 is 0. The van der Waals surface area contributed by atoms with Crippen molar-refractivity contribution in [2.24, 2.45) is 5.92 Å². The van der Waals surface area contributed by atoms with Crippen molar-refractivity contribution in [1.82, 2.24) is 0 Å². The molecule has 0 aromatic carbocycles. The summed E-state index contributed by atoms with van der Waals surface area (Å²) in [7, 11) is -4.62. The molecule has 0 aromatic rings. The molecule has 1 aliphatic carbocycles. The third kappa shape index (κ3) is 2.57. The zero-order chi connectivity index (χ0) is 10.3. The molecule has 1 fully saturated rings. The maximum Gasteiger partial charge on any atom is 0.302 e. The first-order valence-corrected chi connectivity index (χ1v) is 5.21. The lowest BCUT2D eigenvalue weighted by Gasteiger charge is -2.42. The lowest BCUT2D eigenvalue weighted by Crippen LogP contribution is -2.51. The predicted molar refractivity (Wildman–Crippen MR) is 38.6 cm³/mol. The van der Waals surface area contributed by atoms with E-state index in [2.05, 4.69) is 0 Å². The average molecular weight is 218 g/mol. The third-order valence-electron chi connectivity index (χ3n) is 2.13. The molecular weight excluding hydrogens is 209 g/mol. The van der Waals surface area contributed by atoms with Gasteiger partial charge in [0.15, 0.2) is 0 Å². The fourth-order valence-electron chi connectivity index (χ4n) is 1.52. The maximum absolute atomic E-state index is 12.0. The van der Waals surface area contributed by atoms with E-state index in [9.17, 15) is 21.1 Å². The molecule has 0 amide bonds. The molecule has 0 bridgehead atoms. The Labute approximate surface area is 73.8 Å². The largest absolute Gasteiger partial charge is 0.384 e. The van der Waals surface area contributed by atoms with Crippen LogP contribution in [-0.2, 0) is 10.2 Å². The quantitative estimate of drug-likeness (QED) is 0.709. The second-order valence-electron chi connectivity index (χ2n) is 3.38. The van der Waals surface area contributed by atoms with E-state index in [1.165, 1.54) is 0 Å². The normalized spacial score (nSPS) is 34.7. The third-order valence-corrected chi connectivity index (χ3v) is 2.99. The Morgan fingerprint density at radius 2 is 1.92 bits per heavy atom. The zero-order valence-corrected chi connectivity index (χ0v) is 7.40. The summed E-state index contributed by atoms with van der Waals surface area (Å²) in [5.41, 5.74) is -2.10. The number of alkyl halides is 2. The number of rotatable bonds is 3. The minimum atomic E-state index is -4.62. The van der Waals surface area contributed by atoms with Crippen LogP contribution in [0.2, 0.25) is 0 Å². The van der Waals surface area contributed by atoms with Crippen LogP contribution in [-0.4, -0.2) is 31.3 Å². The number of aliphatic hydroxyl groups is 1. The molecule has 0 aromatic heterocycles. The van der Waals surface area contributed by atoms with Crippen LogP contribution >= 0.6 is 0 Å². The van der Waals surface area contributed by atoms with Gasteiger partial charge in [-0.25, -0.2) is 8.78 Å². The second-order valence-corrected chi connectivity index (χ2v) is 4.80. The van der Waals surface area contributed by atoms with Crippen LogP contribution in [0.3, 0.4) is 0 Å². The molecular formula is C6H9F3O3S. The van der Waals surface area contributed by atoms with Crippen LogP contribution < -0.4 is 0 Å². The average Bonchev–Trinajstić information content (AvgIpc) is 1.79. The Hall–Kier alpha value is -0.300. The standard InChI is InChI=1S/C6H9F3O3S/c7-5(8)6(10)1-4(2-6)3-13(9,11)12/h4-5,10H,1-3H2. The minimum Gasteiger partial charge on any atom is -0.384 e. The molecule has 0 atom stereocenters. The van der Waals surface area contributed by atoms with Crippen molar-refractivity contribution in [3.8, 4) is 0 Å². The fourth-order valence-corrected chi connectivity index (χ4v) is 2.32. The molecule has 0 saturated heterocycles. The van der Waals surface area contributed by atoms with E-state index in [1.54, 1.807) is 0 Å². The molecule has 1 rings (SSSR count). The van der Waals surface area contributed by atoms with Crippen molar-refractivity contribution < 1.29 is 26.2 Å².